The van der Waals surface area contributed by atoms with Crippen LogP contribution < -0.4 is 5.32 Å². The van der Waals surface area contributed by atoms with Crippen molar-refractivity contribution in [1.29, 1.82) is 0 Å². The van der Waals surface area contributed by atoms with E-state index < -0.39 is 0 Å². The van der Waals surface area contributed by atoms with Crippen molar-refractivity contribution < 1.29 is 4.74 Å². The van der Waals surface area contributed by atoms with E-state index in [-0.39, 0.29) is 5.54 Å². The molecule has 1 unspecified atom stereocenters. The highest BCUT2D eigenvalue weighted by atomic mass is 16.5. The van der Waals surface area contributed by atoms with E-state index >= 15 is 0 Å². The summed E-state index contributed by atoms with van der Waals surface area (Å²) in [5, 5.41) is 3.66. The van der Waals surface area contributed by atoms with E-state index in [4.69, 9.17) is 4.74 Å². The Kier molecular flexibility index (Phi) is 5.55. The maximum Gasteiger partial charge on any atom is 0.0799 e. The molecule has 22 heavy (non-hydrogen) atoms. The second-order valence-electron chi connectivity index (χ2n) is 9.30. The molecule has 0 radical (unpaired) electrons. The van der Waals surface area contributed by atoms with E-state index in [1.165, 1.54) is 18.4 Å². The Labute approximate surface area is 137 Å². The predicted octanol–water partition coefficient (Wildman–Crippen LogP) is 5.00. The third kappa shape index (κ3) is 6.26. The van der Waals surface area contributed by atoms with Crippen LogP contribution in [0, 0.1) is 5.41 Å². The lowest BCUT2D eigenvalue weighted by Crippen LogP contribution is -2.53. The highest BCUT2D eigenvalue weighted by Crippen LogP contribution is 2.30. The van der Waals surface area contributed by atoms with Gasteiger partial charge in [0.2, 0.25) is 0 Å². The van der Waals surface area contributed by atoms with E-state index in [1.807, 2.05) is 0 Å². The second kappa shape index (κ2) is 6.88. The van der Waals surface area contributed by atoms with Gasteiger partial charge in [0.05, 0.1) is 12.2 Å². The van der Waals surface area contributed by atoms with Gasteiger partial charge in [0.25, 0.3) is 0 Å². The van der Waals surface area contributed by atoms with Crippen molar-refractivity contribution in [1.82, 2.24) is 5.32 Å². The van der Waals surface area contributed by atoms with Crippen molar-refractivity contribution in [3.63, 3.8) is 0 Å². The zero-order chi connectivity index (χ0) is 16.4. The summed E-state index contributed by atoms with van der Waals surface area (Å²) in [5.74, 6) is 0. The highest BCUT2D eigenvalue weighted by molar-refractivity contribution is 5.25. The molecule has 1 saturated carbocycles. The molecular weight excluding hydrogens is 270 g/mol. The van der Waals surface area contributed by atoms with Gasteiger partial charge in [-0.05, 0) is 63.9 Å². The Morgan fingerprint density at radius 1 is 1.14 bits per heavy atom. The maximum atomic E-state index is 6.27. The lowest BCUT2D eigenvalue weighted by atomic mass is 9.86. The normalized spacial score (nSPS) is 29.2. The number of hydrogen-bond acceptors (Lipinski definition) is 2. The van der Waals surface area contributed by atoms with Gasteiger partial charge in [-0.25, -0.2) is 0 Å². The van der Waals surface area contributed by atoms with Crippen molar-refractivity contribution in [2.24, 2.45) is 5.41 Å². The molecule has 0 aliphatic heterocycles. The third-order valence-corrected chi connectivity index (χ3v) is 4.36. The van der Waals surface area contributed by atoms with Crippen LogP contribution in [0.5, 0.6) is 0 Å². The minimum atomic E-state index is 0.212. The van der Waals surface area contributed by atoms with Crippen LogP contribution in [0.1, 0.15) is 73.6 Å². The van der Waals surface area contributed by atoms with Crippen LogP contribution in [0.3, 0.4) is 0 Å². The van der Waals surface area contributed by atoms with Crippen molar-refractivity contribution in [3.8, 4) is 0 Å². The molecule has 0 aromatic heterocycles. The minimum absolute atomic E-state index is 0.212. The molecule has 126 valence electrons. The zero-order valence-electron chi connectivity index (χ0n) is 15.4. The quantitative estimate of drug-likeness (QED) is 0.771. The molecule has 2 aliphatic carbocycles. The van der Waals surface area contributed by atoms with Crippen molar-refractivity contribution in [3.05, 3.63) is 23.8 Å². The van der Waals surface area contributed by atoms with Crippen LogP contribution in [0.2, 0.25) is 0 Å². The molecule has 2 heteroatoms. The Morgan fingerprint density at radius 2 is 1.82 bits per heavy atom. The molecule has 0 aromatic carbocycles. The number of hydrogen-bond donors (Lipinski definition) is 1. The molecule has 2 rings (SSSR count). The first-order valence-electron chi connectivity index (χ1n) is 8.91. The first kappa shape index (κ1) is 17.7. The summed E-state index contributed by atoms with van der Waals surface area (Å²) in [6.07, 6.45) is 13.4. The first-order valence-corrected chi connectivity index (χ1v) is 8.91. The van der Waals surface area contributed by atoms with Crippen LogP contribution in [0.4, 0.5) is 0 Å². The average molecular weight is 306 g/mol. The molecule has 0 heterocycles. The lowest BCUT2D eigenvalue weighted by Gasteiger charge is -2.41. The third-order valence-electron chi connectivity index (χ3n) is 4.36. The molecule has 1 atom stereocenters. The van der Waals surface area contributed by atoms with E-state index in [9.17, 15) is 0 Å². The largest absolute Gasteiger partial charge is 0.370 e. The number of ether oxygens (including phenoxy) is 1. The summed E-state index contributed by atoms with van der Waals surface area (Å²) < 4.78 is 6.27. The van der Waals surface area contributed by atoms with Gasteiger partial charge >= 0.3 is 0 Å². The van der Waals surface area contributed by atoms with Gasteiger partial charge in [-0.3, -0.25) is 0 Å². The molecule has 0 aromatic rings. The Hall–Kier alpha value is -0.600. The molecule has 1 fully saturated rings. The molecule has 0 amide bonds. The van der Waals surface area contributed by atoms with Crippen LogP contribution in [0.15, 0.2) is 23.8 Å². The van der Waals surface area contributed by atoms with Crippen molar-refractivity contribution >= 4 is 0 Å². The molecule has 0 saturated heterocycles. The Morgan fingerprint density at radius 3 is 2.41 bits per heavy atom. The Balaban J connectivity index is 1.73. The van der Waals surface area contributed by atoms with Crippen molar-refractivity contribution in [2.75, 3.05) is 0 Å². The predicted molar refractivity (Wildman–Crippen MR) is 95.1 cm³/mol. The number of allylic oxidation sites excluding steroid dienone is 2. The van der Waals surface area contributed by atoms with Crippen molar-refractivity contribution in [2.45, 2.75) is 97.4 Å². The topological polar surface area (TPSA) is 21.3 Å². The van der Waals surface area contributed by atoms with Gasteiger partial charge in [0.15, 0.2) is 0 Å². The Bertz CT molecular complexity index is 416. The second-order valence-corrected chi connectivity index (χ2v) is 9.30. The van der Waals surface area contributed by atoms with Gasteiger partial charge in [-0.2, -0.15) is 0 Å². The highest BCUT2D eigenvalue weighted by Gasteiger charge is 2.33. The molecule has 0 bridgehead atoms. The summed E-state index contributed by atoms with van der Waals surface area (Å²) in [6, 6.07) is 0.633. The van der Waals surface area contributed by atoms with Crippen LogP contribution in [0.25, 0.3) is 0 Å². The van der Waals surface area contributed by atoms with Crippen LogP contribution in [-0.2, 0) is 4.74 Å². The van der Waals surface area contributed by atoms with Gasteiger partial charge in [0, 0.05) is 11.6 Å². The lowest BCUT2D eigenvalue weighted by molar-refractivity contribution is -0.0489. The maximum absolute atomic E-state index is 6.27. The molecule has 0 spiro atoms. The summed E-state index contributed by atoms with van der Waals surface area (Å²) in [7, 11) is 0. The summed E-state index contributed by atoms with van der Waals surface area (Å²) in [4.78, 5) is 0. The molecule has 2 nitrogen and oxygen atoms in total. The monoisotopic (exact) mass is 305 g/mol. The first-order chi connectivity index (χ1) is 10.1. The number of nitrogens with one attached hydrogen (secondary N) is 1. The standard InChI is InChI=1S/C20H35NO/c1-19(2,3)11-10-15-8-7-9-17(12-15)22-18-13-16(14-18)21-20(4,5)6/h7-8,12,16-18,21H,9-11,13-14H2,1-6H3/t16-,17?,18+. The van der Waals surface area contributed by atoms with Gasteiger partial charge in [-0.1, -0.05) is 39.0 Å². The minimum Gasteiger partial charge on any atom is -0.370 e. The fraction of sp³-hybridized carbons (Fsp3) is 0.800. The van der Waals surface area contributed by atoms with Gasteiger partial charge in [-0.15, -0.1) is 0 Å². The van der Waals surface area contributed by atoms with Crippen LogP contribution >= 0.6 is 0 Å². The van der Waals surface area contributed by atoms with Gasteiger partial charge < -0.3 is 10.1 Å². The van der Waals surface area contributed by atoms with E-state index in [2.05, 4.69) is 65.1 Å². The molecule has 1 N–H and O–H groups in total. The average Bonchev–Trinajstić information content (AvgIpc) is 2.32. The van der Waals surface area contributed by atoms with E-state index in [0.29, 0.717) is 23.7 Å². The fourth-order valence-electron chi connectivity index (χ4n) is 3.15. The molecule has 2 aliphatic rings. The molecular formula is C20H35NO. The summed E-state index contributed by atoms with van der Waals surface area (Å²) >= 11 is 0. The fourth-order valence-corrected chi connectivity index (χ4v) is 3.15. The van der Waals surface area contributed by atoms with E-state index in [0.717, 1.165) is 19.3 Å². The summed E-state index contributed by atoms with van der Waals surface area (Å²) in [5.41, 5.74) is 2.07. The van der Waals surface area contributed by atoms with Crippen LogP contribution in [-0.4, -0.2) is 23.8 Å². The SMILES string of the molecule is CC(C)(C)CCC1=CC(O[C@H]2C[C@@H](NC(C)(C)C)C2)CC=C1. The number of rotatable bonds is 5. The summed E-state index contributed by atoms with van der Waals surface area (Å²) in [6.45, 7) is 13.6. The van der Waals surface area contributed by atoms with Gasteiger partial charge in [0.1, 0.15) is 0 Å². The zero-order valence-corrected chi connectivity index (χ0v) is 15.4. The van der Waals surface area contributed by atoms with E-state index in [1.54, 1.807) is 0 Å². The smallest absolute Gasteiger partial charge is 0.0799 e.